The molecule has 1 amide bonds. The molecule has 0 spiro atoms. The van der Waals surface area contributed by atoms with Crippen LogP contribution in [0.2, 0.25) is 0 Å². The van der Waals surface area contributed by atoms with E-state index in [1.165, 1.54) is 5.56 Å². The van der Waals surface area contributed by atoms with Crippen LogP contribution in [-0.4, -0.2) is 52.4 Å². The van der Waals surface area contributed by atoms with Crippen molar-refractivity contribution >= 4 is 16.8 Å². The first-order valence-corrected chi connectivity index (χ1v) is 13.0. The van der Waals surface area contributed by atoms with Crippen molar-refractivity contribution in [3.8, 4) is 5.69 Å². The van der Waals surface area contributed by atoms with E-state index in [1.807, 2.05) is 55.4 Å². The van der Waals surface area contributed by atoms with Gasteiger partial charge in [-0.05, 0) is 63.2 Å². The molecule has 0 saturated carbocycles. The van der Waals surface area contributed by atoms with Crippen LogP contribution in [0, 0.1) is 0 Å². The lowest BCUT2D eigenvalue weighted by molar-refractivity contribution is -0.134. The molecule has 0 N–H and O–H groups in total. The Hall–Kier alpha value is -2.99. The number of carbonyl (C=O) groups excluding carboxylic acids is 1. The number of likely N-dealkylation sites (N-methyl/N-ethyl adjacent to an activating group) is 1. The van der Waals surface area contributed by atoms with Crippen LogP contribution in [-0.2, 0) is 11.2 Å². The minimum absolute atomic E-state index is 0.0979. The van der Waals surface area contributed by atoms with Gasteiger partial charge in [-0.15, -0.1) is 0 Å². The molecule has 1 aromatic heterocycles. The van der Waals surface area contributed by atoms with Gasteiger partial charge in [-0.3, -0.25) is 14.2 Å². The van der Waals surface area contributed by atoms with Crippen molar-refractivity contribution < 1.29 is 4.79 Å². The number of nitrogens with zero attached hydrogens (tertiary/aromatic N) is 4. The first kappa shape index (κ1) is 26.6. The van der Waals surface area contributed by atoms with Gasteiger partial charge in [-0.25, -0.2) is 4.98 Å². The maximum atomic E-state index is 13.8. The molecule has 3 rings (SSSR count). The number of fused-ring (bicyclic) bond motifs is 1. The summed E-state index contributed by atoms with van der Waals surface area (Å²) in [4.78, 5) is 36.3. The Labute approximate surface area is 209 Å². The maximum absolute atomic E-state index is 13.8. The lowest BCUT2D eigenvalue weighted by Crippen LogP contribution is -2.41. The van der Waals surface area contributed by atoms with Gasteiger partial charge in [-0.1, -0.05) is 57.9 Å². The fourth-order valence-corrected chi connectivity index (χ4v) is 4.48. The van der Waals surface area contributed by atoms with Gasteiger partial charge in [0.25, 0.3) is 5.56 Å². The lowest BCUT2D eigenvalue weighted by Gasteiger charge is -2.33. The Morgan fingerprint density at radius 2 is 1.69 bits per heavy atom. The number of hydrogen-bond donors (Lipinski definition) is 0. The molecule has 0 aliphatic carbocycles. The van der Waals surface area contributed by atoms with Crippen LogP contribution in [0.5, 0.6) is 0 Å². The first-order chi connectivity index (χ1) is 16.9. The van der Waals surface area contributed by atoms with Gasteiger partial charge in [-0.2, -0.15) is 0 Å². The van der Waals surface area contributed by atoms with E-state index in [1.54, 1.807) is 4.57 Å². The Morgan fingerprint density at radius 3 is 2.31 bits per heavy atom. The number of para-hydroxylation sites is 1. The number of aromatic nitrogens is 2. The molecule has 188 valence electrons. The van der Waals surface area contributed by atoms with Crippen molar-refractivity contribution in [2.24, 2.45) is 0 Å². The average Bonchev–Trinajstić information content (AvgIpc) is 2.86. The largest absolute Gasteiger partial charge is 0.331 e. The molecule has 1 atom stereocenters. The predicted octanol–water partition coefficient (Wildman–Crippen LogP) is 5.37. The van der Waals surface area contributed by atoms with E-state index in [4.69, 9.17) is 4.98 Å². The van der Waals surface area contributed by atoms with Gasteiger partial charge in [0.05, 0.1) is 22.6 Å². The maximum Gasteiger partial charge on any atom is 0.266 e. The Bertz CT molecular complexity index is 1170. The third-order valence-corrected chi connectivity index (χ3v) is 6.57. The van der Waals surface area contributed by atoms with Crippen LogP contribution in [0.3, 0.4) is 0 Å². The molecule has 0 aliphatic heterocycles. The van der Waals surface area contributed by atoms with Crippen molar-refractivity contribution in [1.29, 1.82) is 0 Å². The summed E-state index contributed by atoms with van der Waals surface area (Å²) in [5.74, 6) is 0.755. The zero-order valence-corrected chi connectivity index (χ0v) is 22.0. The molecule has 1 unspecified atom stereocenters. The topological polar surface area (TPSA) is 58.4 Å². The third kappa shape index (κ3) is 6.37. The number of amides is 1. The van der Waals surface area contributed by atoms with E-state index in [-0.39, 0.29) is 17.5 Å². The highest BCUT2D eigenvalue weighted by Gasteiger charge is 2.28. The van der Waals surface area contributed by atoms with Gasteiger partial charge in [0.1, 0.15) is 5.82 Å². The van der Waals surface area contributed by atoms with E-state index in [0.717, 1.165) is 37.9 Å². The summed E-state index contributed by atoms with van der Waals surface area (Å²) in [6, 6.07) is 15.3. The Balaban J connectivity index is 2.18. The smallest absolute Gasteiger partial charge is 0.266 e. The van der Waals surface area contributed by atoms with Crippen molar-refractivity contribution in [3.05, 3.63) is 70.3 Å². The van der Waals surface area contributed by atoms with E-state index in [0.29, 0.717) is 36.1 Å². The second-order valence-corrected chi connectivity index (χ2v) is 9.42. The van der Waals surface area contributed by atoms with E-state index >= 15 is 0 Å². The van der Waals surface area contributed by atoms with Gasteiger partial charge in [0, 0.05) is 19.5 Å². The first-order valence-electron chi connectivity index (χ1n) is 13.0. The molecule has 0 aliphatic rings. The molecule has 2 aromatic carbocycles. The zero-order valence-electron chi connectivity index (χ0n) is 22.0. The van der Waals surface area contributed by atoms with Crippen LogP contribution in [0.15, 0.2) is 53.3 Å². The average molecular weight is 477 g/mol. The standard InChI is InChI=1S/C29H40N4O2/c1-6-9-10-15-27(34)32(21-20-31(4)5)26(8-3)28-30-25-14-12-11-13-24(25)29(35)33(28)23-18-16-22(7-2)17-19-23/h11-14,16-19,26H,6-10,15,20-21H2,1-5H3. The molecular formula is C29H40N4O2. The van der Waals surface area contributed by atoms with E-state index in [9.17, 15) is 9.59 Å². The summed E-state index contributed by atoms with van der Waals surface area (Å²) in [5, 5.41) is 0.583. The molecule has 0 bridgehead atoms. The zero-order chi connectivity index (χ0) is 25.4. The molecule has 6 heteroatoms. The van der Waals surface area contributed by atoms with E-state index in [2.05, 4.69) is 37.8 Å². The molecule has 1 heterocycles. The second kappa shape index (κ2) is 12.6. The molecule has 3 aromatic rings. The summed E-state index contributed by atoms with van der Waals surface area (Å²) in [6.07, 6.45) is 5.10. The summed E-state index contributed by atoms with van der Waals surface area (Å²) in [5.41, 5.74) is 2.56. The third-order valence-electron chi connectivity index (χ3n) is 6.57. The molecule has 0 radical (unpaired) electrons. The van der Waals surface area contributed by atoms with Gasteiger partial charge >= 0.3 is 0 Å². The predicted molar refractivity (Wildman–Crippen MR) is 144 cm³/mol. The van der Waals surface area contributed by atoms with Crippen molar-refractivity contribution in [1.82, 2.24) is 19.4 Å². The minimum atomic E-state index is -0.299. The normalized spacial score (nSPS) is 12.3. The molecule has 6 nitrogen and oxygen atoms in total. The number of benzene rings is 2. The number of rotatable bonds is 12. The second-order valence-electron chi connectivity index (χ2n) is 9.42. The van der Waals surface area contributed by atoms with Crippen LogP contribution in [0.25, 0.3) is 16.6 Å². The number of aryl methyl sites for hydroxylation is 1. The SMILES string of the molecule is CCCCCC(=O)N(CCN(C)C)C(CC)c1nc2ccccc2c(=O)n1-c1ccc(CC)cc1. The Morgan fingerprint density at radius 1 is 0.971 bits per heavy atom. The Kier molecular flexibility index (Phi) is 9.61. The van der Waals surface area contributed by atoms with Gasteiger partial charge < -0.3 is 9.80 Å². The number of hydrogen-bond acceptors (Lipinski definition) is 4. The van der Waals surface area contributed by atoms with Gasteiger partial charge in [0.15, 0.2) is 0 Å². The lowest BCUT2D eigenvalue weighted by atomic mass is 10.1. The quantitative estimate of drug-likeness (QED) is 0.330. The molecule has 0 fully saturated rings. The van der Waals surface area contributed by atoms with Crippen LogP contribution < -0.4 is 5.56 Å². The van der Waals surface area contributed by atoms with Crippen molar-refractivity contribution in [2.45, 2.75) is 65.3 Å². The highest BCUT2D eigenvalue weighted by molar-refractivity contribution is 5.79. The minimum Gasteiger partial charge on any atom is -0.331 e. The van der Waals surface area contributed by atoms with E-state index < -0.39 is 0 Å². The number of carbonyl (C=O) groups is 1. The van der Waals surface area contributed by atoms with Crippen LogP contribution >= 0.6 is 0 Å². The molecule has 0 saturated heterocycles. The summed E-state index contributed by atoms with van der Waals surface area (Å²) < 4.78 is 1.72. The highest BCUT2D eigenvalue weighted by Crippen LogP contribution is 2.27. The number of unbranched alkanes of at least 4 members (excludes halogenated alkanes) is 2. The van der Waals surface area contributed by atoms with Gasteiger partial charge in [0.2, 0.25) is 5.91 Å². The molecule has 35 heavy (non-hydrogen) atoms. The van der Waals surface area contributed by atoms with Crippen molar-refractivity contribution in [2.75, 3.05) is 27.2 Å². The molecular weight excluding hydrogens is 436 g/mol. The van der Waals surface area contributed by atoms with Crippen LogP contribution in [0.4, 0.5) is 0 Å². The fraction of sp³-hybridized carbons (Fsp3) is 0.483. The summed E-state index contributed by atoms with van der Waals surface area (Å²) in [6.45, 7) is 7.67. The summed E-state index contributed by atoms with van der Waals surface area (Å²) >= 11 is 0. The monoisotopic (exact) mass is 476 g/mol. The highest BCUT2D eigenvalue weighted by atomic mass is 16.2. The summed E-state index contributed by atoms with van der Waals surface area (Å²) in [7, 11) is 4.03. The fourth-order valence-electron chi connectivity index (χ4n) is 4.48. The van der Waals surface area contributed by atoms with Crippen LogP contribution in [0.1, 0.15) is 70.3 Å². The van der Waals surface area contributed by atoms with Crippen molar-refractivity contribution in [3.63, 3.8) is 0 Å².